The van der Waals surface area contributed by atoms with Crippen LogP contribution in [-0.2, 0) is 0 Å². The normalized spacial score (nSPS) is 9.75. The summed E-state index contributed by atoms with van der Waals surface area (Å²) in [5, 5.41) is 16.7. The number of hydrogen-bond donors (Lipinski definition) is 2. The van der Waals surface area contributed by atoms with Crippen molar-refractivity contribution in [1.29, 1.82) is 0 Å². The molecule has 0 aliphatic rings. The molecule has 0 aromatic rings. The molecule has 0 amide bonds. The fourth-order valence-electron chi connectivity index (χ4n) is 0.192. The summed E-state index contributed by atoms with van der Waals surface area (Å²) < 4.78 is 2.13. The van der Waals surface area contributed by atoms with E-state index in [4.69, 9.17) is 10.2 Å². The van der Waals surface area contributed by atoms with Gasteiger partial charge in [0.05, 0.1) is 0 Å². The zero-order valence-corrected chi connectivity index (χ0v) is 9.20. The van der Waals surface area contributed by atoms with Crippen molar-refractivity contribution in [3.8, 4) is 0 Å². The summed E-state index contributed by atoms with van der Waals surface area (Å²) in [6.45, 7) is 0.747. The van der Waals surface area contributed by atoms with E-state index in [2.05, 4.69) is 0 Å². The first-order chi connectivity index (χ1) is 3.91. The van der Waals surface area contributed by atoms with Gasteiger partial charge in [-0.05, 0) is 0 Å². The van der Waals surface area contributed by atoms with E-state index in [0.29, 0.717) is 13.2 Å². The van der Waals surface area contributed by atoms with Gasteiger partial charge in [0.25, 0.3) is 0 Å². The molecule has 8 heavy (non-hydrogen) atoms. The summed E-state index contributed by atoms with van der Waals surface area (Å²) in [4.78, 5) is 0. The monoisotopic (exact) mass is 350 g/mol. The molecule has 0 atom stereocenters. The standard InChI is InChI=1S/C4H10O2Te2/c5-1-3-7-8-4-2-6/h5-6H,1-4H2. The number of rotatable bonds is 5. The van der Waals surface area contributed by atoms with Crippen molar-refractivity contribution in [3.05, 3.63) is 0 Å². The summed E-state index contributed by atoms with van der Waals surface area (Å²) >= 11 is 0.375. The van der Waals surface area contributed by atoms with Crippen LogP contribution in [0.25, 0.3) is 0 Å². The van der Waals surface area contributed by atoms with Gasteiger partial charge in [-0.2, -0.15) is 0 Å². The van der Waals surface area contributed by atoms with Crippen molar-refractivity contribution >= 4 is 34.1 Å². The number of aliphatic hydroxyl groups is 2. The van der Waals surface area contributed by atoms with Gasteiger partial charge in [-0.1, -0.05) is 0 Å². The summed E-state index contributed by atoms with van der Waals surface area (Å²) in [6, 6.07) is 0. The third-order valence-corrected chi connectivity index (χ3v) is 12.5. The SMILES string of the molecule is OCC[Te][Te]CCO. The van der Waals surface area contributed by atoms with Gasteiger partial charge < -0.3 is 0 Å². The van der Waals surface area contributed by atoms with Gasteiger partial charge in [0, 0.05) is 0 Å². The molecule has 0 heterocycles. The maximum absolute atomic E-state index is 8.36. The molecule has 0 saturated heterocycles. The van der Waals surface area contributed by atoms with Gasteiger partial charge >= 0.3 is 66.5 Å². The van der Waals surface area contributed by atoms with Gasteiger partial charge in [-0.3, -0.25) is 0 Å². The van der Waals surface area contributed by atoms with Gasteiger partial charge in [-0.15, -0.1) is 0 Å². The summed E-state index contributed by atoms with van der Waals surface area (Å²) in [7, 11) is 0. The van der Waals surface area contributed by atoms with E-state index < -0.39 is 0 Å². The van der Waals surface area contributed by atoms with Crippen LogP contribution < -0.4 is 0 Å². The van der Waals surface area contributed by atoms with E-state index in [1.807, 2.05) is 0 Å². The van der Waals surface area contributed by atoms with Crippen molar-refractivity contribution in [2.45, 2.75) is 8.94 Å². The molecule has 4 heteroatoms. The van der Waals surface area contributed by atoms with Crippen LogP contribution in [0, 0.1) is 0 Å². The van der Waals surface area contributed by atoms with E-state index in [-0.39, 0.29) is 34.1 Å². The Bertz CT molecular complexity index is 37.0. The Morgan fingerprint density at radius 1 is 0.875 bits per heavy atom. The first-order valence-electron chi connectivity index (χ1n) is 2.38. The number of hydrogen-bond acceptors (Lipinski definition) is 2. The van der Waals surface area contributed by atoms with Crippen LogP contribution in [-0.4, -0.2) is 57.5 Å². The van der Waals surface area contributed by atoms with Crippen LogP contribution in [0.1, 0.15) is 0 Å². The Morgan fingerprint density at radius 2 is 1.25 bits per heavy atom. The van der Waals surface area contributed by atoms with Crippen LogP contribution in [0.15, 0.2) is 0 Å². The van der Waals surface area contributed by atoms with Gasteiger partial charge in [0.2, 0.25) is 0 Å². The quantitative estimate of drug-likeness (QED) is 0.503. The third kappa shape index (κ3) is 7.50. The molecule has 0 spiro atoms. The predicted octanol–water partition coefficient (Wildman–Crippen LogP) is -0.869. The van der Waals surface area contributed by atoms with Crippen molar-refractivity contribution < 1.29 is 10.2 Å². The van der Waals surface area contributed by atoms with Crippen LogP contribution in [0.3, 0.4) is 0 Å². The Morgan fingerprint density at radius 3 is 1.50 bits per heavy atom. The van der Waals surface area contributed by atoms with Crippen LogP contribution >= 0.6 is 0 Å². The number of aliphatic hydroxyl groups excluding tert-OH is 2. The minimum absolute atomic E-state index is 0.187. The molecule has 0 rings (SSSR count). The molecule has 0 unspecified atom stereocenters. The first kappa shape index (κ1) is 9.50. The van der Waals surface area contributed by atoms with Crippen molar-refractivity contribution in [3.63, 3.8) is 0 Å². The Hall–Kier alpha value is 1.50. The molecule has 0 saturated carbocycles. The fourth-order valence-corrected chi connectivity index (χ4v) is 8.66. The second-order valence-electron chi connectivity index (χ2n) is 1.09. The van der Waals surface area contributed by atoms with E-state index >= 15 is 0 Å². The molecular formula is C4H10O2Te2. The van der Waals surface area contributed by atoms with Crippen LogP contribution in [0.5, 0.6) is 0 Å². The van der Waals surface area contributed by atoms with E-state index in [1.165, 1.54) is 0 Å². The van der Waals surface area contributed by atoms with Crippen molar-refractivity contribution in [2.24, 2.45) is 0 Å². The van der Waals surface area contributed by atoms with Gasteiger partial charge in [0.1, 0.15) is 0 Å². The molecule has 0 aliphatic heterocycles. The Balaban J connectivity index is 2.53. The Labute approximate surface area is 66.0 Å². The summed E-state index contributed by atoms with van der Waals surface area (Å²) in [5.41, 5.74) is 0. The minimum atomic E-state index is 0.187. The topological polar surface area (TPSA) is 40.5 Å². The molecule has 0 fully saturated rings. The van der Waals surface area contributed by atoms with Gasteiger partial charge in [0.15, 0.2) is 0 Å². The predicted molar refractivity (Wildman–Crippen MR) is 35.3 cm³/mol. The van der Waals surface area contributed by atoms with Gasteiger partial charge in [-0.25, -0.2) is 0 Å². The molecule has 0 bridgehead atoms. The van der Waals surface area contributed by atoms with Crippen LogP contribution in [0.4, 0.5) is 0 Å². The molecule has 2 N–H and O–H groups in total. The second-order valence-corrected chi connectivity index (χ2v) is 13.8. The van der Waals surface area contributed by atoms with E-state index in [1.54, 1.807) is 0 Å². The molecule has 0 aromatic heterocycles. The van der Waals surface area contributed by atoms with E-state index in [9.17, 15) is 0 Å². The van der Waals surface area contributed by atoms with Crippen molar-refractivity contribution in [2.75, 3.05) is 13.2 Å². The van der Waals surface area contributed by atoms with E-state index in [0.717, 1.165) is 8.94 Å². The zero-order chi connectivity index (χ0) is 6.24. The maximum atomic E-state index is 8.36. The third-order valence-electron chi connectivity index (χ3n) is 0.433. The molecule has 0 aliphatic carbocycles. The van der Waals surface area contributed by atoms with Crippen LogP contribution in [0.2, 0.25) is 8.94 Å². The first-order valence-corrected chi connectivity index (χ1v) is 13.0. The van der Waals surface area contributed by atoms with Crippen molar-refractivity contribution in [1.82, 2.24) is 0 Å². The molecule has 50 valence electrons. The summed E-state index contributed by atoms with van der Waals surface area (Å²) in [5.74, 6) is 0. The summed E-state index contributed by atoms with van der Waals surface area (Å²) in [6.07, 6.45) is 0. The Kier molecular flexibility index (Phi) is 10.1. The molecule has 0 aromatic carbocycles. The molecule has 0 radical (unpaired) electrons. The zero-order valence-electron chi connectivity index (χ0n) is 4.54. The molecule has 2 nitrogen and oxygen atoms in total. The molecular weight excluding hydrogens is 335 g/mol. The fraction of sp³-hybridized carbons (Fsp3) is 1.00. The average Bonchev–Trinajstić information content (AvgIpc) is 1.81. The second kappa shape index (κ2) is 8.50. The average molecular weight is 345 g/mol.